The van der Waals surface area contributed by atoms with E-state index in [1.165, 1.54) is 9.08 Å². The van der Waals surface area contributed by atoms with Gasteiger partial charge < -0.3 is 9.88 Å². The molecule has 0 aliphatic heterocycles. The number of carbonyl (C=O) groups excluding carboxylic acids is 1. The van der Waals surface area contributed by atoms with Crippen LogP contribution in [0.15, 0.2) is 65.7 Å². The molecule has 0 aliphatic carbocycles. The molecule has 2 heterocycles. The van der Waals surface area contributed by atoms with Crippen molar-refractivity contribution in [2.45, 2.75) is 20.4 Å². The number of aromatic nitrogens is 3. The molecule has 146 valence electrons. The topological polar surface area (TPSA) is 68.4 Å². The van der Waals surface area contributed by atoms with Crippen molar-refractivity contribution >= 4 is 28.7 Å². The van der Waals surface area contributed by atoms with Gasteiger partial charge in [0.1, 0.15) is 12.1 Å². The molecule has 0 aliphatic rings. The summed E-state index contributed by atoms with van der Waals surface area (Å²) in [6.45, 7) is 3.92. The number of hydrogen-bond donors (Lipinski definition) is 1. The summed E-state index contributed by atoms with van der Waals surface area (Å²) >= 11 is 5.93. The van der Waals surface area contributed by atoms with Gasteiger partial charge in [-0.05, 0) is 55.3 Å². The lowest BCUT2D eigenvalue weighted by Crippen LogP contribution is -2.28. The Bertz CT molecular complexity index is 1270. The predicted octanol–water partition coefficient (Wildman–Crippen LogP) is 4.07. The summed E-state index contributed by atoms with van der Waals surface area (Å²) in [6, 6.07) is 14.7. The number of fused-ring (bicyclic) bond motifs is 1. The van der Waals surface area contributed by atoms with E-state index in [0.717, 1.165) is 16.7 Å². The molecule has 2 aromatic carbocycles. The van der Waals surface area contributed by atoms with Gasteiger partial charge >= 0.3 is 0 Å². The van der Waals surface area contributed by atoms with Crippen molar-refractivity contribution < 1.29 is 4.79 Å². The largest absolute Gasteiger partial charge is 0.325 e. The van der Waals surface area contributed by atoms with E-state index in [1.54, 1.807) is 30.6 Å². The average Bonchev–Trinajstić information content (AvgIpc) is 3.13. The molecule has 0 bridgehead atoms. The van der Waals surface area contributed by atoms with E-state index in [1.807, 2.05) is 44.2 Å². The number of nitrogens with one attached hydrogen (secondary N) is 1. The van der Waals surface area contributed by atoms with E-state index in [-0.39, 0.29) is 18.0 Å². The second kappa shape index (κ2) is 7.56. The van der Waals surface area contributed by atoms with Gasteiger partial charge in [0.15, 0.2) is 0 Å². The Morgan fingerprint density at radius 2 is 1.79 bits per heavy atom. The lowest BCUT2D eigenvalue weighted by molar-refractivity contribution is -0.116. The number of hydrogen-bond acceptors (Lipinski definition) is 3. The fourth-order valence-electron chi connectivity index (χ4n) is 3.09. The molecule has 1 amide bonds. The number of aryl methyl sites for hydroxylation is 2. The lowest BCUT2D eigenvalue weighted by Gasteiger charge is -2.09. The van der Waals surface area contributed by atoms with Crippen LogP contribution in [0.25, 0.3) is 16.8 Å². The summed E-state index contributed by atoms with van der Waals surface area (Å²) in [5.41, 5.74) is 4.60. The monoisotopic (exact) mass is 406 g/mol. The summed E-state index contributed by atoms with van der Waals surface area (Å²) in [4.78, 5) is 25.2. The van der Waals surface area contributed by atoms with Gasteiger partial charge in [0.05, 0.1) is 5.69 Å². The summed E-state index contributed by atoms with van der Waals surface area (Å²) in [5, 5.41) is 7.91. The van der Waals surface area contributed by atoms with E-state index >= 15 is 0 Å². The molecule has 0 saturated heterocycles. The van der Waals surface area contributed by atoms with Crippen LogP contribution in [0.5, 0.6) is 0 Å². The van der Waals surface area contributed by atoms with Gasteiger partial charge in [-0.25, -0.2) is 4.52 Å². The molecule has 0 atom stereocenters. The molecular weight excluding hydrogens is 388 g/mol. The average molecular weight is 407 g/mol. The molecule has 7 heteroatoms. The number of nitrogens with zero attached hydrogens (tertiary/aromatic N) is 3. The SMILES string of the molecule is Cc1ccc(NC(=O)Cn2ccn3nc(-c4ccc(Cl)cc4)cc3c2=O)cc1C. The highest BCUT2D eigenvalue weighted by atomic mass is 35.5. The van der Waals surface area contributed by atoms with Crippen LogP contribution in [0.4, 0.5) is 5.69 Å². The minimum Gasteiger partial charge on any atom is -0.325 e. The molecule has 1 N–H and O–H groups in total. The normalized spacial score (nSPS) is 11.0. The Morgan fingerprint density at radius 3 is 2.52 bits per heavy atom. The third-order valence-electron chi connectivity index (χ3n) is 4.85. The summed E-state index contributed by atoms with van der Waals surface area (Å²) in [5.74, 6) is -0.267. The van der Waals surface area contributed by atoms with E-state index in [9.17, 15) is 9.59 Å². The van der Waals surface area contributed by atoms with Gasteiger partial charge in [-0.3, -0.25) is 9.59 Å². The molecule has 0 unspecified atom stereocenters. The molecule has 29 heavy (non-hydrogen) atoms. The maximum atomic E-state index is 12.8. The highest BCUT2D eigenvalue weighted by molar-refractivity contribution is 6.30. The zero-order valence-electron chi connectivity index (χ0n) is 16.0. The van der Waals surface area contributed by atoms with Crippen molar-refractivity contribution in [1.82, 2.24) is 14.2 Å². The Kier molecular flexibility index (Phi) is 4.94. The third-order valence-corrected chi connectivity index (χ3v) is 5.10. The van der Waals surface area contributed by atoms with Crippen LogP contribution in [0.3, 0.4) is 0 Å². The fraction of sp³-hybridized carbons (Fsp3) is 0.136. The zero-order valence-corrected chi connectivity index (χ0v) is 16.8. The molecule has 0 radical (unpaired) electrons. The second-order valence-electron chi connectivity index (χ2n) is 6.94. The van der Waals surface area contributed by atoms with Gasteiger partial charge in [0.2, 0.25) is 5.91 Å². The van der Waals surface area contributed by atoms with E-state index in [0.29, 0.717) is 21.9 Å². The number of amides is 1. The fourth-order valence-corrected chi connectivity index (χ4v) is 3.21. The van der Waals surface area contributed by atoms with E-state index < -0.39 is 0 Å². The molecule has 0 saturated carbocycles. The van der Waals surface area contributed by atoms with Crippen molar-refractivity contribution in [2.75, 3.05) is 5.32 Å². The first-order valence-corrected chi connectivity index (χ1v) is 9.50. The molecule has 6 nitrogen and oxygen atoms in total. The van der Waals surface area contributed by atoms with E-state index in [4.69, 9.17) is 11.6 Å². The number of carbonyl (C=O) groups is 1. The van der Waals surface area contributed by atoms with Crippen LogP contribution in [-0.4, -0.2) is 20.1 Å². The minimum atomic E-state index is -0.282. The summed E-state index contributed by atoms with van der Waals surface area (Å²) < 4.78 is 2.89. The van der Waals surface area contributed by atoms with Crippen LogP contribution in [-0.2, 0) is 11.3 Å². The molecule has 4 aromatic rings. The summed E-state index contributed by atoms with van der Waals surface area (Å²) in [7, 11) is 0. The highest BCUT2D eigenvalue weighted by Crippen LogP contribution is 2.20. The molecular formula is C22H19ClN4O2. The number of rotatable bonds is 4. The van der Waals surface area contributed by atoms with Gasteiger partial charge in [-0.2, -0.15) is 5.10 Å². The predicted molar refractivity (Wildman–Crippen MR) is 114 cm³/mol. The smallest absolute Gasteiger partial charge is 0.277 e. The maximum absolute atomic E-state index is 12.8. The van der Waals surface area contributed by atoms with E-state index in [2.05, 4.69) is 10.4 Å². The highest BCUT2D eigenvalue weighted by Gasteiger charge is 2.12. The Morgan fingerprint density at radius 1 is 1.03 bits per heavy atom. The van der Waals surface area contributed by atoms with Crippen molar-refractivity contribution in [1.29, 1.82) is 0 Å². The number of benzene rings is 2. The number of halogens is 1. The maximum Gasteiger partial charge on any atom is 0.277 e. The van der Waals surface area contributed by atoms with Crippen LogP contribution < -0.4 is 10.9 Å². The first-order chi connectivity index (χ1) is 13.9. The second-order valence-corrected chi connectivity index (χ2v) is 7.38. The van der Waals surface area contributed by atoms with Gasteiger partial charge in [0.25, 0.3) is 5.56 Å². The molecule has 0 spiro atoms. The van der Waals surface area contributed by atoms with Crippen LogP contribution in [0.2, 0.25) is 5.02 Å². The third kappa shape index (κ3) is 3.93. The lowest BCUT2D eigenvalue weighted by atomic mass is 10.1. The molecule has 4 rings (SSSR count). The van der Waals surface area contributed by atoms with Crippen molar-refractivity contribution in [2.24, 2.45) is 0 Å². The number of anilines is 1. The van der Waals surface area contributed by atoms with Gasteiger partial charge in [-0.1, -0.05) is 29.8 Å². The van der Waals surface area contributed by atoms with Crippen molar-refractivity contribution in [3.05, 3.63) is 87.4 Å². The molecule has 2 aromatic heterocycles. The standard InChI is InChI=1S/C22H19ClN4O2/c1-14-3-8-18(11-15(14)2)24-21(28)13-26-9-10-27-20(22(26)29)12-19(25-27)16-4-6-17(23)7-5-16/h3-12H,13H2,1-2H3,(H,24,28). The van der Waals surface area contributed by atoms with Crippen LogP contribution >= 0.6 is 11.6 Å². The van der Waals surface area contributed by atoms with Crippen molar-refractivity contribution in [3.8, 4) is 11.3 Å². The van der Waals surface area contributed by atoms with Crippen LogP contribution in [0, 0.1) is 13.8 Å². The first-order valence-electron chi connectivity index (χ1n) is 9.12. The molecule has 0 fully saturated rings. The quantitative estimate of drug-likeness (QED) is 0.555. The summed E-state index contributed by atoms with van der Waals surface area (Å²) in [6.07, 6.45) is 3.23. The first kappa shape index (κ1) is 19.0. The van der Waals surface area contributed by atoms with Crippen LogP contribution in [0.1, 0.15) is 11.1 Å². The Hall–Kier alpha value is -3.38. The zero-order chi connectivity index (χ0) is 20.5. The van der Waals surface area contributed by atoms with Gasteiger partial charge in [0, 0.05) is 28.7 Å². The Balaban J connectivity index is 1.58. The minimum absolute atomic E-state index is 0.0796. The van der Waals surface area contributed by atoms with Gasteiger partial charge in [-0.15, -0.1) is 0 Å². The van der Waals surface area contributed by atoms with Crippen molar-refractivity contribution in [3.63, 3.8) is 0 Å². The Labute approximate surface area is 172 Å².